The zero-order valence-electron chi connectivity index (χ0n) is 7.82. The number of nitrogens with one attached hydrogen (secondary N) is 1. The highest BCUT2D eigenvalue weighted by molar-refractivity contribution is 7.07. The number of methoxy groups -OCH3 is 1. The zero-order valence-corrected chi connectivity index (χ0v) is 8.64. The molecule has 0 aliphatic heterocycles. The molecule has 74 valence electrons. The SMILES string of the molecule is COCCNC(CN)c1ccsc1. The topological polar surface area (TPSA) is 47.3 Å². The molecule has 13 heavy (non-hydrogen) atoms. The van der Waals surface area contributed by atoms with Gasteiger partial charge in [0.05, 0.1) is 6.61 Å². The van der Waals surface area contributed by atoms with Crippen molar-refractivity contribution in [3.8, 4) is 0 Å². The Kier molecular flexibility index (Phi) is 5.00. The Bertz CT molecular complexity index is 213. The summed E-state index contributed by atoms with van der Waals surface area (Å²) < 4.78 is 4.95. The van der Waals surface area contributed by atoms with Crippen molar-refractivity contribution in [3.05, 3.63) is 22.4 Å². The van der Waals surface area contributed by atoms with Gasteiger partial charge in [0.2, 0.25) is 0 Å². The molecule has 0 saturated carbocycles. The van der Waals surface area contributed by atoms with Gasteiger partial charge >= 0.3 is 0 Å². The number of hydrogen-bond donors (Lipinski definition) is 2. The minimum atomic E-state index is 0.265. The molecule has 3 N–H and O–H groups in total. The van der Waals surface area contributed by atoms with Gasteiger partial charge in [0.1, 0.15) is 0 Å². The van der Waals surface area contributed by atoms with E-state index in [0.29, 0.717) is 6.54 Å². The average molecular weight is 200 g/mol. The molecular formula is C9H16N2OS. The third kappa shape index (κ3) is 3.44. The van der Waals surface area contributed by atoms with Gasteiger partial charge in [0.15, 0.2) is 0 Å². The van der Waals surface area contributed by atoms with Gasteiger partial charge in [0.25, 0.3) is 0 Å². The average Bonchev–Trinajstić information content (AvgIpc) is 2.65. The second-order valence-corrected chi connectivity index (χ2v) is 3.57. The molecule has 1 aromatic rings. The van der Waals surface area contributed by atoms with Gasteiger partial charge in [-0.25, -0.2) is 0 Å². The van der Waals surface area contributed by atoms with Crippen LogP contribution >= 0.6 is 11.3 Å². The third-order valence-corrected chi connectivity index (χ3v) is 2.58. The van der Waals surface area contributed by atoms with E-state index in [2.05, 4.69) is 22.1 Å². The first kappa shape index (κ1) is 10.7. The molecule has 0 fully saturated rings. The minimum Gasteiger partial charge on any atom is -0.383 e. The van der Waals surface area contributed by atoms with E-state index in [1.54, 1.807) is 18.4 Å². The highest BCUT2D eigenvalue weighted by Crippen LogP contribution is 2.14. The molecule has 1 heterocycles. The first-order valence-electron chi connectivity index (χ1n) is 4.33. The second kappa shape index (κ2) is 6.10. The van der Waals surface area contributed by atoms with E-state index in [0.717, 1.165) is 13.2 Å². The van der Waals surface area contributed by atoms with E-state index in [1.165, 1.54) is 5.56 Å². The van der Waals surface area contributed by atoms with Crippen molar-refractivity contribution in [1.82, 2.24) is 5.32 Å². The molecule has 1 unspecified atom stereocenters. The molecule has 1 aromatic heterocycles. The van der Waals surface area contributed by atoms with Crippen molar-refractivity contribution in [2.45, 2.75) is 6.04 Å². The molecule has 1 atom stereocenters. The van der Waals surface area contributed by atoms with Crippen LogP contribution in [0.1, 0.15) is 11.6 Å². The van der Waals surface area contributed by atoms with Crippen LogP contribution in [0.2, 0.25) is 0 Å². The molecule has 0 saturated heterocycles. The van der Waals surface area contributed by atoms with Gasteiger partial charge in [-0.3, -0.25) is 0 Å². The van der Waals surface area contributed by atoms with Crippen molar-refractivity contribution < 1.29 is 4.74 Å². The summed E-state index contributed by atoms with van der Waals surface area (Å²) in [6, 6.07) is 2.36. The number of thiophene rings is 1. The summed E-state index contributed by atoms with van der Waals surface area (Å²) in [5, 5.41) is 7.52. The lowest BCUT2D eigenvalue weighted by atomic mass is 10.1. The largest absolute Gasteiger partial charge is 0.383 e. The van der Waals surface area contributed by atoms with Crippen LogP contribution in [0.5, 0.6) is 0 Å². The van der Waals surface area contributed by atoms with E-state index < -0.39 is 0 Å². The zero-order chi connectivity index (χ0) is 9.52. The highest BCUT2D eigenvalue weighted by atomic mass is 32.1. The van der Waals surface area contributed by atoms with E-state index in [9.17, 15) is 0 Å². The Morgan fingerprint density at radius 1 is 1.69 bits per heavy atom. The fourth-order valence-corrected chi connectivity index (χ4v) is 1.86. The Balaban J connectivity index is 2.35. The van der Waals surface area contributed by atoms with Crippen molar-refractivity contribution in [2.24, 2.45) is 5.73 Å². The Morgan fingerprint density at radius 3 is 3.08 bits per heavy atom. The van der Waals surface area contributed by atoms with E-state index >= 15 is 0 Å². The van der Waals surface area contributed by atoms with Crippen LogP contribution in [0, 0.1) is 0 Å². The normalized spacial score (nSPS) is 13.1. The Hall–Kier alpha value is -0.420. The number of nitrogens with two attached hydrogens (primary N) is 1. The molecule has 1 rings (SSSR count). The summed E-state index contributed by atoms with van der Waals surface area (Å²) in [5.74, 6) is 0. The number of ether oxygens (including phenoxy) is 1. The quantitative estimate of drug-likeness (QED) is 0.673. The fourth-order valence-electron chi connectivity index (χ4n) is 1.15. The lowest BCUT2D eigenvalue weighted by Crippen LogP contribution is -2.30. The maximum absolute atomic E-state index is 5.65. The number of rotatable bonds is 6. The summed E-state index contributed by atoms with van der Waals surface area (Å²) in [5.41, 5.74) is 6.91. The van der Waals surface area contributed by atoms with Crippen molar-refractivity contribution in [2.75, 3.05) is 26.8 Å². The molecule has 0 aliphatic carbocycles. The lowest BCUT2D eigenvalue weighted by molar-refractivity contribution is 0.196. The molecule has 3 nitrogen and oxygen atoms in total. The lowest BCUT2D eigenvalue weighted by Gasteiger charge is -2.14. The summed E-state index contributed by atoms with van der Waals surface area (Å²) in [4.78, 5) is 0. The minimum absolute atomic E-state index is 0.265. The van der Waals surface area contributed by atoms with Crippen LogP contribution in [-0.4, -0.2) is 26.8 Å². The van der Waals surface area contributed by atoms with Crippen LogP contribution in [0.15, 0.2) is 16.8 Å². The van der Waals surface area contributed by atoms with Gasteiger partial charge in [-0.05, 0) is 22.4 Å². The van der Waals surface area contributed by atoms with Crippen LogP contribution in [0.4, 0.5) is 0 Å². The monoisotopic (exact) mass is 200 g/mol. The van der Waals surface area contributed by atoms with Gasteiger partial charge < -0.3 is 15.8 Å². The Morgan fingerprint density at radius 2 is 2.54 bits per heavy atom. The smallest absolute Gasteiger partial charge is 0.0587 e. The van der Waals surface area contributed by atoms with E-state index in [-0.39, 0.29) is 6.04 Å². The Labute approximate surface area is 82.9 Å². The number of hydrogen-bond acceptors (Lipinski definition) is 4. The van der Waals surface area contributed by atoms with Gasteiger partial charge in [-0.1, -0.05) is 0 Å². The summed E-state index contributed by atoms with van der Waals surface area (Å²) in [6.45, 7) is 2.19. The van der Waals surface area contributed by atoms with Crippen molar-refractivity contribution in [1.29, 1.82) is 0 Å². The van der Waals surface area contributed by atoms with E-state index in [1.807, 2.05) is 0 Å². The third-order valence-electron chi connectivity index (χ3n) is 1.88. The van der Waals surface area contributed by atoms with E-state index in [4.69, 9.17) is 10.5 Å². The van der Waals surface area contributed by atoms with Crippen LogP contribution in [0.3, 0.4) is 0 Å². The van der Waals surface area contributed by atoms with Crippen LogP contribution in [-0.2, 0) is 4.74 Å². The van der Waals surface area contributed by atoms with Crippen molar-refractivity contribution >= 4 is 11.3 Å². The maximum Gasteiger partial charge on any atom is 0.0587 e. The first-order valence-corrected chi connectivity index (χ1v) is 5.27. The van der Waals surface area contributed by atoms with Gasteiger partial charge in [-0.15, -0.1) is 0 Å². The summed E-state index contributed by atoms with van der Waals surface area (Å²) in [7, 11) is 1.70. The molecule has 4 heteroatoms. The van der Waals surface area contributed by atoms with Crippen LogP contribution < -0.4 is 11.1 Å². The predicted molar refractivity (Wildman–Crippen MR) is 56.0 cm³/mol. The fraction of sp³-hybridized carbons (Fsp3) is 0.556. The summed E-state index contributed by atoms with van der Waals surface area (Å²) >= 11 is 1.70. The molecule has 0 aromatic carbocycles. The van der Waals surface area contributed by atoms with Crippen LogP contribution in [0.25, 0.3) is 0 Å². The maximum atomic E-state index is 5.65. The second-order valence-electron chi connectivity index (χ2n) is 2.79. The highest BCUT2D eigenvalue weighted by Gasteiger charge is 2.07. The molecule has 0 bridgehead atoms. The molecule has 0 spiro atoms. The molecule has 0 aliphatic rings. The van der Waals surface area contributed by atoms with Gasteiger partial charge in [-0.2, -0.15) is 11.3 Å². The summed E-state index contributed by atoms with van der Waals surface area (Å²) in [6.07, 6.45) is 0. The molecule has 0 radical (unpaired) electrons. The standard InChI is InChI=1S/C9H16N2OS/c1-12-4-3-11-9(6-10)8-2-5-13-7-8/h2,5,7,9,11H,3-4,6,10H2,1H3. The van der Waals surface area contributed by atoms with Gasteiger partial charge in [0, 0.05) is 26.2 Å². The van der Waals surface area contributed by atoms with Crippen molar-refractivity contribution in [3.63, 3.8) is 0 Å². The predicted octanol–water partition coefficient (Wildman–Crippen LogP) is 0.984. The first-order chi connectivity index (χ1) is 6.38. The molecule has 0 amide bonds. The molecular weight excluding hydrogens is 184 g/mol.